The summed E-state index contributed by atoms with van der Waals surface area (Å²) < 4.78 is 6.00. The summed E-state index contributed by atoms with van der Waals surface area (Å²) in [6.45, 7) is 2.88. The number of nitrogens with one attached hydrogen (secondary N) is 1. The third-order valence-corrected chi connectivity index (χ3v) is 5.37. The van der Waals surface area contributed by atoms with Crippen LogP contribution in [0.4, 0.5) is 11.4 Å². The average Bonchev–Trinajstić information content (AvgIpc) is 2.80. The summed E-state index contributed by atoms with van der Waals surface area (Å²) in [7, 11) is 0. The molecule has 0 unspecified atom stereocenters. The molecule has 29 heavy (non-hydrogen) atoms. The van der Waals surface area contributed by atoms with E-state index in [9.17, 15) is 4.79 Å². The topological polar surface area (TPSA) is 41.6 Å². The normalized spacial score (nSPS) is 14.4. The number of hydrogen-bond donors (Lipinski definition) is 1. The first-order valence-corrected chi connectivity index (χ1v) is 10.2. The van der Waals surface area contributed by atoms with E-state index < -0.39 is 0 Å². The van der Waals surface area contributed by atoms with E-state index in [4.69, 9.17) is 4.74 Å². The van der Waals surface area contributed by atoms with Crippen LogP contribution in [0.25, 0.3) is 0 Å². The summed E-state index contributed by atoms with van der Waals surface area (Å²) in [4.78, 5) is 14.7. The van der Waals surface area contributed by atoms with Gasteiger partial charge in [-0.05, 0) is 67.3 Å². The monoisotopic (exact) mass is 386 g/mol. The van der Waals surface area contributed by atoms with Gasteiger partial charge in [0.25, 0.3) is 5.91 Å². The number of benzene rings is 3. The summed E-state index contributed by atoms with van der Waals surface area (Å²) in [6, 6.07) is 27.4. The summed E-state index contributed by atoms with van der Waals surface area (Å²) in [5.41, 5.74) is 2.72. The molecule has 1 amide bonds. The van der Waals surface area contributed by atoms with E-state index in [0.29, 0.717) is 11.5 Å². The van der Waals surface area contributed by atoms with Crippen LogP contribution in [-0.2, 0) is 0 Å². The number of carbonyl (C=O) groups excluding carboxylic acids is 1. The van der Waals surface area contributed by atoms with E-state index in [1.807, 2.05) is 42.5 Å². The second-order valence-electron chi connectivity index (χ2n) is 7.42. The lowest BCUT2D eigenvalue weighted by Crippen LogP contribution is -2.35. The maximum absolute atomic E-state index is 12.2. The highest BCUT2D eigenvalue weighted by Gasteiger charge is 2.19. The molecule has 3 aromatic rings. The molecule has 1 heterocycles. The zero-order valence-electron chi connectivity index (χ0n) is 16.5. The first-order valence-electron chi connectivity index (χ1n) is 10.2. The van der Waals surface area contributed by atoms with E-state index in [0.717, 1.165) is 44.0 Å². The minimum absolute atomic E-state index is 0.107. The SMILES string of the molecule is O=C(Nc1ccc(OCC2CCN(c3ccccc3)CC2)cc1)c1ccccc1. The molecule has 1 N–H and O–H groups in total. The molecule has 0 aromatic heterocycles. The second-order valence-corrected chi connectivity index (χ2v) is 7.42. The number of para-hydroxylation sites is 1. The summed E-state index contributed by atoms with van der Waals surface area (Å²) in [5, 5.41) is 2.91. The largest absolute Gasteiger partial charge is 0.493 e. The molecule has 0 aliphatic carbocycles. The Hall–Kier alpha value is -3.27. The van der Waals surface area contributed by atoms with E-state index in [1.165, 1.54) is 5.69 Å². The Morgan fingerprint density at radius 3 is 2.14 bits per heavy atom. The van der Waals surface area contributed by atoms with Crippen molar-refractivity contribution in [2.45, 2.75) is 12.8 Å². The Balaban J connectivity index is 1.23. The molecule has 4 heteroatoms. The maximum atomic E-state index is 12.2. The zero-order chi connectivity index (χ0) is 19.9. The third-order valence-electron chi connectivity index (χ3n) is 5.37. The van der Waals surface area contributed by atoms with E-state index in [1.54, 1.807) is 12.1 Å². The van der Waals surface area contributed by atoms with Crippen LogP contribution in [0, 0.1) is 5.92 Å². The maximum Gasteiger partial charge on any atom is 0.255 e. The van der Waals surface area contributed by atoms with Gasteiger partial charge in [-0.1, -0.05) is 36.4 Å². The van der Waals surface area contributed by atoms with Crippen molar-refractivity contribution in [3.63, 3.8) is 0 Å². The van der Waals surface area contributed by atoms with Crippen LogP contribution in [0.1, 0.15) is 23.2 Å². The second kappa shape index (κ2) is 9.28. The fourth-order valence-electron chi connectivity index (χ4n) is 3.64. The van der Waals surface area contributed by atoms with Crippen molar-refractivity contribution >= 4 is 17.3 Å². The van der Waals surface area contributed by atoms with Crippen molar-refractivity contribution in [1.82, 2.24) is 0 Å². The molecule has 4 rings (SSSR count). The predicted octanol–water partition coefficient (Wildman–Crippen LogP) is 5.23. The Labute approximate surface area is 172 Å². The van der Waals surface area contributed by atoms with Gasteiger partial charge in [0.2, 0.25) is 0 Å². The number of rotatable bonds is 6. The summed E-state index contributed by atoms with van der Waals surface area (Å²) in [6.07, 6.45) is 2.28. The lowest BCUT2D eigenvalue weighted by molar-refractivity contribution is 0.102. The Bertz CT molecular complexity index is 903. The van der Waals surface area contributed by atoms with Crippen LogP contribution in [0.3, 0.4) is 0 Å². The van der Waals surface area contributed by atoms with E-state index >= 15 is 0 Å². The van der Waals surface area contributed by atoms with E-state index in [2.05, 4.69) is 40.5 Å². The minimum atomic E-state index is -0.107. The van der Waals surface area contributed by atoms with Gasteiger partial charge in [-0.25, -0.2) is 0 Å². The zero-order valence-corrected chi connectivity index (χ0v) is 16.5. The number of carbonyl (C=O) groups is 1. The van der Waals surface area contributed by atoms with Crippen molar-refractivity contribution in [1.29, 1.82) is 0 Å². The number of ether oxygens (including phenoxy) is 1. The molecule has 1 fully saturated rings. The van der Waals surface area contributed by atoms with Gasteiger partial charge in [0.15, 0.2) is 0 Å². The predicted molar refractivity (Wildman–Crippen MR) is 118 cm³/mol. The number of anilines is 2. The number of amides is 1. The highest BCUT2D eigenvalue weighted by Crippen LogP contribution is 2.24. The molecule has 0 spiro atoms. The van der Waals surface area contributed by atoms with Crippen LogP contribution in [0.2, 0.25) is 0 Å². The van der Waals surface area contributed by atoms with Gasteiger partial charge in [0, 0.05) is 30.0 Å². The first-order chi connectivity index (χ1) is 14.3. The molecule has 3 aromatic carbocycles. The van der Waals surface area contributed by atoms with Gasteiger partial charge in [-0.2, -0.15) is 0 Å². The Morgan fingerprint density at radius 2 is 1.48 bits per heavy atom. The van der Waals surface area contributed by atoms with E-state index in [-0.39, 0.29) is 5.91 Å². The fraction of sp³-hybridized carbons (Fsp3) is 0.240. The lowest BCUT2D eigenvalue weighted by Gasteiger charge is -2.33. The Morgan fingerprint density at radius 1 is 0.862 bits per heavy atom. The molecule has 148 valence electrons. The number of nitrogens with zero attached hydrogens (tertiary/aromatic N) is 1. The molecule has 1 aliphatic rings. The van der Waals surface area contributed by atoms with Crippen LogP contribution in [0.15, 0.2) is 84.9 Å². The minimum Gasteiger partial charge on any atom is -0.493 e. The van der Waals surface area contributed by atoms with Crippen molar-refractivity contribution in [3.8, 4) is 5.75 Å². The van der Waals surface area contributed by atoms with Crippen LogP contribution in [-0.4, -0.2) is 25.6 Å². The molecule has 1 aliphatic heterocycles. The van der Waals surface area contributed by atoms with Gasteiger partial charge in [-0.3, -0.25) is 4.79 Å². The summed E-state index contributed by atoms with van der Waals surface area (Å²) >= 11 is 0. The standard InChI is InChI=1S/C25H26N2O2/c28-25(21-7-3-1-4-8-21)26-22-11-13-24(14-12-22)29-19-20-15-17-27(18-16-20)23-9-5-2-6-10-23/h1-14,20H,15-19H2,(H,26,28). The third kappa shape index (κ3) is 5.17. The smallest absolute Gasteiger partial charge is 0.255 e. The Kier molecular flexibility index (Phi) is 6.10. The van der Waals surface area contributed by atoms with Crippen LogP contribution < -0.4 is 15.0 Å². The number of piperidine rings is 1. The highest BCUT2D eigenvalue weighted by molar-refractivity contribution is 6.04. The fourth-order valence-corrected chi connectivity index (χ4v) is 3.64. The molecular formula is C25H26N2O2. The highest BCUT2D eigenvalue weighted by atomic mass is 16.5. The van der Waals surface area contributed by atoms with Gasteiger partial charge < -0.3 is 15.0 Å². The summed E-state index contributed by atoms with van der Waals surface area (Å²) in [5.74, 6) is 1.31. The quantitative estimate of drug-likeness (QED) is 0.630. The molecule has 0 bridgehead atoms. The van der Waals surface area contributed by atoms with Crippen LogP contribution >= 0.6 is 0 Å². The first kappa shape index (κ1) is 19.1. The van der Waals surface area contributed by atoms with Gasteiger partial charge in [0.05, 0.1) is 6.61 Å². The lowest BCUT2D eigenvalue weighted by atomic mass is 9.97. The average molecular weight is 386 g/mol. The van der Waals surface area contributed by atoms with Gasteiger partial charge in [-0.15, -0.1) is 0 Å². The van der Waals surface area contributed by atoms with Crippen molar-refractivity contribution in [3.05, 3.63) is 90.5 Å². The van der Waals surface area contributed by atoms with Crippen molar-refractivity contribution in [2.75, 3.05) is 29.9 Å². The number of hydrogen-bond acceptors (Lipinski definition) is 3. The molecule has 1 saturated heterocycles. The van der Waals surface area contributed by atoms with Crippen molar-refractivity contribution in [2.24, 2.45) is 5.92 Å². The van der Waals surface area contributed by atoms with Gasteiger partial charge in [0.1, 0.15) is 5.75 Å². The molecule has 4 nitrogen and oxygen atoms in total. The molecule has 0 saturated carbocycles. The van der Waals surface area contributed by atoms with Crippen molar-refractivity contribution < 1.29 is 9.53 Å². The molecule has 0 radical (unpaired) electrons. The van der Waals surface area contributed by atoms with Gasteiger partial charge >= 0.3 is 0 Å². The molecule has 0 atom stereocenters. The molecular weight excluding hydrogens is 360 g/mol. The van der Waals surface area contributed by atoms with Crippen LogP contribution in [0.5, 0.6) is 5.75 Å².